The first-order chi connectivity index (χ1) is 28.0. The van der Waals surface area contributed by atoms with Crippen molar-refractivity contribution in [3.8, 4) is 46.0 Å². The number of hydrogen-bond acceptors (Lipinski definition) is 14. The third-order valence-corrected chi connectivity index (χ3v) is 10.1. The lowest BCUT2D eigenvalue weighted by atomic mass is 9.81. The van der Waals surface area contributed by atoms with Crippen molar-refractivity contribution < 1.29 is 58.1 Å². The predicted octanol–water partition coefficient (Wildman–Crippen LogP) is 6.00. The SMILES string of the molecule is COc1c(O)c2c(=O)cc(OC)c3c4c(OC)cc(=O)c5c(O)c(OC)c(CC(COC=O)Oc6ccc(O)cc6)c(c(c1CC(C)OC(=O)c1ccccc1)c23)c54. The van der Waals surface area contributed by atoms with Crippen molar-refractivity contribution >= 4 is 55.5 Å². The lowest BCUT2D eigenvalue weighted by Gasteiger charge is -2.27. The van der Waals surface area contributed by atoms with E-state index in [0.29, 0.717) is 11.3 Å². The molecule has 7 aromatic rings. The fraction of sp³-hybridized carbons (Fsp3) is 0.227. The summed E-state index contributed by atoms with van der Waals surface area (Å²) in [6.45, 7) is 1.61. The van der Waals surface area contributed by atoms with E-state index in [1.165, 1.54) is 64.8 Å². The van der Waals surface area contributed by atoms with Gasteiger partial charge in [-0.15, -0.1) is 0 Å². The number of methoxy groups -OCH3 is 4. The zero-order chi connectivity index (χ0) is 41.4. The molecule has 14 heteroatoms. The molecule has 7 aromatic carbocycles. The first-order valence-corrected chi connectivity index (χ1v) is 18.0. The number of carbonyl (C=O) groups excluding carboxylic acids is 2. The molecule has 0 amide bonds. The van der Waals surface area contributed by atoms with E-state index in [9.17, 15) is 34.5 Å². The molecule has 0 saturated heterocycles. The summed E-state index contributed by atoms with van der Waals surface area (Å²) in [6.07, 6.45) is -2.11. The van der Waals surface area contributed by atoms with E-state index in [-0.39, 0.29) is 109 Å². The molecule has 0 heterocycles. The van der Waals surface area contributed by atoms with Crippen molar-refractivity contribution in [3.05, 3.63) is 104 Å². The Morgan fingerprint density at radius 3 is 1.66 bits per heavy atom. The van der Waals surface area contributed by atoms with Crippen molar-refractivity contribution in [2.45, 2.75) is 32.0 Å². The predicted molar refractivity (Wildman–Crippen MR) is 214 cm³/mol. The largest absolute Gasteiger partial charge is 0.508 e. The maximum absolute atomic E-state index is 14.1. The molecule has 0 spiro atoms. The van der Waals surface area contributed by atoms with E-state index < -0.39 is 40.5 Å². The quantitative estimate of drug-likeness (QED) is 0.0474. The zero-order valence-electron chi connectivity index (χ0n) is 32.0. The monoisotopic (exact) mass is 790 g/mol. The highest BCUT2D eigenvalue weighted by Gasteiger charge is 2.34. The average molecular weight is 791 g/mol. The first-order valence-electron chi connectivity index (χ1n) is 18.0. The Balaban J connectivity index is 1.66. The van der Waals surface area contributed by atoms with Gasteiger partial charge in [-0.2, -0.15) is 0 Å². The van der Waals surface area contributed by atoms with Crippen LogP contribution in [-0.4, -0.2) is 75.0 Å². The summed E-state index contributed by atoms with van der Waals surface area (Å²) < 4.78 is 40.7. The maximum atomic E-state index is 14.1. The third kappa shape index (κ3) is 6.51. The van der Waals surface area contributed by atoms with Gasteiger partial charge in [0.15, 0.2) is 33.9 Å². The van der Waals surface area contributed by atoms with Gasteiger partial charge < -0.3 is 48.5 Å². The lowest BCUT2D eigenvalue weighted by molar-refractivity contribution is -0.130. The van der Waals surface area contributed by atoms with Gasteiger partial charge in [0.2, 0.25) is 0 Å². The van der Waals surface area contributed by atoms with Crippen LogP contribution in [0, 0.1) is 0 Å². The Morgan fingerprint density at radius 1 is 0.655 bits per heavy atom. The van der Waals surface area contributed by atoms with E-state index in [1.54, 1.807) is 37.3 Å². The van der Waals surface area contributed by atoms with Crippen LogP contribution < -0.4 is 34.5 Å². The first kappa shape index (κ1) is 39.0. The number of aromatic hydroxyl groups is 3. The molecule has 0 aliphatic heterocycles. The summed E-state index contributed by atoms with van der Waals surface area (Å²) in [6, 6.07) is 16.6. The second-order valence-corrected chi connectivity index (χ2v) is 13.5. The molecule has 0 bridgehead atoms. The minimum atomic E-state index is -0.983. The molecule has 2 unspecified atom stereocenters. The van der Waals surface area contributed by atoms with Gasteiger partial charge in [0.05, 0.1) is 44.8 Å². The minimum Gasteiger partial charge on any atom is -0.508 e. The molecular weight excluding hydrogens is 752 g/mol. The van der Waals surface area contributed by atoms with Gasteiger partial charge >= 0.3 is 5.97 Å². The molecule has 58 heavy (non-hydrogen) atoms. The normalized spacial score (nSPS) is 12.4. The highest BCUT2D eigenvalue weighted by molar-refractivity contribution is 6.38. The van der Waals surface area contributed by atoms with Crippen LogP contribution in [0.5, 0.6) is 46.0 Å². The summed E-state index contributed by atoms with van der Waals surface area (Å²) in [5.41, 5.74) is -0.435. The Kier molecular flexibility index (Phi) is 10.6. The van der Waals surface area contributed by atoms with E-state index in [4.69, 9.17) is 33.2 Å². The summed E-state index contributed by atoms with van der Waals surface area (Å²) in [4.78, 5) is 53.0. The number of fused-ring (bicyclic) bond motifs is 2. The van der Waals surface area contributed by atoms with Crippen molar-refractivity contribution in [1.82, 2.24) is 0 Å². The molecule has 0 aromatic heterocycles. The molecule has 0 saturated carbocycles. The Hall–Kier alpha value is -7.22. The van der Waals surface area contributed by atoms with Crippen LogP contribution in [0.2, 0.25) is 0 Å². The number of hydrogen-bond donors (Lipinski definition) is 3. The van der Waals surface area contributed by atoms with E-state index >= 15 is 0 Å². The highest BCUT2D eigenvalue weighted by atomic mass is 16.6. The van der Waals surface area contributed by atoms with Gasteiger partial charge in [0.25, 0.3) is 6.47 Å². The lowest BCUT2D eigenvalue weighted by Crippen LogP contribution is -2.26. The highest BCUT2D eigenvalue weighted by Crippen LogP contribution is 2.55. The molecule has 0 fully saturated rings. The van der Waals surface area contributed by atoms with Crippen LogP contribution in [0.1, 0.15) is 28.4 Å². The summed E-state index contributed by atoms with van der Waals surface area (Å²) >= 11 is 0. The second kappa shape index (κ2) is 15.7. The second-order valence-electron chi connectivity index (χ2n) is 13.5. The number of esters is 1. The summed E-state index contributed by atoms with van der Waals surface area (Å²) in [5.74, 6) is -1.43. The van der Waals surface area contributed by atoms with E-state index in [2.05, 4.69) is 0 Å². The number of benzene rings is 7. The van der Waals surface area contributed by atoms with Gasteiger partial charge in [-0.1, -0.05) is 18.2 Å². The van der Waals surface area contributed by atoms with Crippen LogP contribution >= 0.6 is 0 Å². The van der Waals surface area contributed by atoms with Gasteiger partial charge in [0.1, 0.15) is 41.8 Å². The average Bonchev–Trinajstić information content (AvgIpc) is 3.21. The van der Waals surface area contributed by atoms with Gasteiger partial charge in [0, 0.05) is 57.6 Å². The molecule has 0 radical (unpaired) electrons. The van der Waals surface area contributed by atoms with E-state index in [1.807, 2.05) is 0 Å². The van der Waals surface area contributed by atoms with Crippen molar-refractivity contribution in [3.63, 3.8) is 0 Å². The molecule has 0 aliphatic rings. The molecule has 298 valence electrons. The van der Waals surface area contributed by atoms with Crippen molar-refractivity contribution in [1.29, 1.82) is 0 Å². The van der Waals surface area contributed by atoms with Crippen LogP contribution in [0.25, 0.3) is 43.1 Å². The minimum absolute atomic E-state index is 0.0122. The standard InChI is InChI=1S/C44H38O14/c1-21(57-44(51)22-9-7-6-8-10-22)15-26-32-33-27(16-25(19-56-20-45)58-24-13-11-23(46)12-14-24)43(55-5)41(50)35-29(48)18-31(53-3)37(39(33)35)36-30(52-2)17-28(47)34(38(32)36)40(49)42(26)54-4/h6-14,17-18,20-21,25,46,49-50H,15-16,19H2,1-5H3. The fourth-order valence-corrected chi connectivity index (χ4v) is 7.86. The van der Waals surface area contributed by atoms with Gasteiger partial charge in [-0.3, -0.25) is 14.4 Å². The molecule has 7 rings (SSSR count). The Labute approximate surface area is 329 Å². The van der Waals surface area contributed by atoms with Crippen LogP contribution in [0.4, 0.5) is 0 Å². The molecular formula is C44H38O14. The van der Waals surface area contributed by atoms with Crippen LogP contribution in [-0.2, 0) is 27.1 Å². The number of phenolic OH excluding ortho intramolecular Hbond substituents is 3. The van der Waals surface area contributed by atoms with Crippen LogP contribution in [0.15, 0.2) is 76.3 Å². The molecule has 2 atom stereocenters. The van der Waals surface area contributed by atoms with Gasteiger partial charge in [-0.25, -0.2) is 4.79 Å². The summed E-state index contributed by atoms with van der Waals surface area (Å²) in [7, 11) is 5.34. The summed E-state index contributed by atoms with van der Waals surface area (Å²) in [5, 5.41) is 35.0. The topological polar surface area (TPSA) is 194 Å². The Bertz CT molecular complexity index is 2800. The fourth-order valence-electron chi connectivity index (χ4n) is 7.86. The molecule has 14 nitrogen and oxygen atoms in total. The van der Waals surface area contributed by atoms with Crippen molar-refractivity contribution in [2.24, 2.45) is 0 Å². The van der Waals surface area contributed by atoms with Crippen molar-refractivity contribution in [2.75, 3.05) is 35.0 Å². The number of ether oxygens (including phenoxy) is 7. The molecule has 0 aliphatic carbocycles. The number of carbonyl (C=O) groups is 2. The molecule has 3 N–H and O–H groups in total. The number of phenols is 3. The van der Waals surface area contributed by atoms with Crippen LogP contribution in [0.3, 0.4) is 0 Å². The van der Waals surface area contributed by atoms with Gasteiger partial charge in [-0.05, 0) is 54.1 Å². The van der Waals surface area contributed by atoms with E-state index in [0.717, 1.165) is 0 Å². The number of rotatable bonds is 15. The smallest absolute Gasteiger partial charge is 0.338 e. The Morgan fingerprint density at radius 2 is 1.17 bits per heavy atom. The third-order valence-electron chi connectivity index (χ3n) is 10.1. The maximum Gasteiger partial charge on any atom is 0.338 e. The zero-order valence-corrected chi connectivity index (χ0v) is 32.0.